The lowest BCUT2D eigenvalue weighted by atomic mass is 10.1. The first-order chi connectivity index (χ1) is 17.4. The van der Waals surface area contributed by atoms with E-state index in [1.165, 1.54) is 11.3 Å². The van der Waals surface area contributed by atoms with E-state index in [2.05, 4.69) is 23.7 Å². The van der Waals surface area contributed by atoms with Gasteiger partial charge in [0, 0.05) is 36.2 Å². The zero-order chi connectivity index (χ0) is 25.5. The number of hydrogen-bond acceptors (Lipinski definition) is 7. The molecule has 0 aliphatic heterocycles. The monoisotopic (exact) mass is 507 g/mol. The summed E-state index contributed by atoms with van der Waals surface area (Å²) in [5.41, 5.74) is 2.61. The SMILES string of the molecule is COc1ccccc1-c1csc2nc(CN(Cc3ccccc3)C[C@H](O)COCC(C)C)[nH]c(=O)c12. The standard InChI is InChI=1S/C28H33N3O4S/c1-19(2)16-35-17-21(32)14-31(13-20-9-5-4-6-10-20)15-25-29-27(33)26-23(18-36-28(26)30-25)22-11-7-8-12-24(22)34-3/h4-12,18-19,21,32H,13-17H2,1-3H3,(H,29,30,33)/t21-/m0/s1. The molecule has 0 unspecified atom stereocenters. The first-order valence-corrected chi connectivity index (χ1v) is 13.0. The van der Waals surface area contributed by atoms with E-state index in [9.17, 15) is 9.90 Å². The maximum Gasteiger partial charge on any atom is 0.260 e. The van der Waals surface area contributed by atoms with Crippen LogP contribution in [0, 0.1) is 5.92 Å². The number of para-hydroxylation sites is 1. The zero-order valence-electron chi connectivity index (χ0n) is 20.9. The number of hydrogen-bond donors (Lipinski definition) is 2. The Morgan fingerprint density at radius 3 is 2.53 bits per heavy atom. The molecular formula is C28H33N3O4S. The summed E-state index contributed by atoms with van der Waals surface area (Å²) in [7, 11) is 1.62. The van der Waals surface area contributed by atoms with E-state index in [0.29, 0.717) is 53.9 Å². The number of ether oxygens (including phenoxy) is 2. The number of aromatic amines is 1. The van der Waals surface area contributed by atoms with Crippen molar-refractivity contribution in [1.82, 2.24) is 14.9 Å². The van der Waals surface area contributed by atoms with Crippen LogP contribution in [0.15, 0.2) is 64.8 Å². The van der Waals surface area contributed by atoms with Crippen molar-refractivity contribution in [3.8, 4) is 16.9 Å². The molecule has 7 nitrogen and oxygen atoms in total. The van der Waals surface area contributed by atoms with Crippen molar-refractivity contribution in [2.45, 2.75) is 33.0 Å². The van der Waals surface area contributed by atoms with Crippen LogP contribution in [0.5, 0.6) is 5.75 Å². The molecule has 2 N–H and O–H groups in total. The lowest BCUT2D eigenvalue weighted by molar-refractivity contribution is 0.00517. The number of methoxy groups -OCH3 is 1. The highest BCUT2D eigenvalue weighted by atomic mass is 32.1. The normalized spacial score (nSPS) is 12.5. The number of benzene rings is 2. The van der Waals surface area contributed by atoms with Crippen LogP contribution in [0.25, 0.3) is 21.3 Å². The van der Waals surface area contributed by atoms with Crippen LogP contribution in [0.4, 0.5) is 0 Å². The van der Waals surface area contributed by atoms with E-state index >= 15 is 0 Å². The third kappa shape index (κ3) is 6.59. The Hall–Kier alpha value is -3.04. The Morgan fingerprint density at radius 2 is 1.78 bits per heavy atom. The molecule has 0 spiro atoms. The van der Waals surface area contributed by atoms with E-state index in [1.807, 2.05) is 60.0 Å². The third-order valence-electron chi connectivity index (χ3n) is 5.74. The minimum Gasteiger partial charge on any atom is -0.496 e. The number of nitrogens with one attached hydrogen (secondary N) is 1. The second-order valence-electron chi connectivity index (χ2n) is 9.28. The lowest BCUT2D eigenvalue weighted by Crippen LogP contribution is -2.35. The molecule has 1 atom stereocenters. The molecule has 4 aromatic rings. The number of thiophene rings is 1. The van der Waals surface area contributed by atoms with Gasteiger partial charge in [0.15, 0.2) is 0 Å². The second kappa shape index (κ2) is 12.3. The van der Waals surface area contributed by atoms with Crippen molar-refractivity contribution in [2.24, 2.45) is 5.92 Å². The molecule has 4 rings (SSSR count). The van der Waals surface area contributed by atoms with Gasteiger partial charge in [0.25, 0.3) is 5.56 Å². The van der Waals surface area contributed by atoms with Gasteiger partial charge >= 0.3 is 0 Å². The lowest BCUT2D eigenvalue weighted by Gasteiger charge is -2.25. The predicted molar refractivity (Wildman–Crippen MR) is 144 cm³/mol. The van der Waals surface area contributed by atoms with E-state index in [1.54, 1.807) is 7.11 Å². The average Bonchev–Trinajstić information content (AvgIpc) is 3.28. The molecule has 36 heavy (non-hydrogen) atoms. The van der Waals surface area contributed by atoms with Gasteiger partial charge in [-0.2, -0.15) is 0 Å². The van der Waals surface area contributed by atoms with E-state index in [0.717, 1.165) is 16.7 Å². The van der Waals surface area contributed by atoms with Gasteiger partial charge in [0.1, 0.15) is 16.4 Å². The molecule has 0 aliphatic rings. The van der Waals surface area contributed by atoms with Gasteiger partial charge in [-0.15, -0.1) is 11.3 Å². The van der Waals surface area contributed by atoms with E-state index in [-0.39, 0.29) is 12.2 Å². The van der Waals surface area contributed by atoms with E-state index < -0.39 is 6.10 Å². The molecule has 0 saturated heterocycles. The molecule has 0 bridgehead atoms. The number of aromatic nitrogens is 2. The molecule has 0 fully saturated rings. The van der Waals surface area contributed by atoms with Crippen molar-refractivity contribution in [3.05, 3.63) is 81.7 Å². The van der Waals surface area contributed by atoms with Crippen LogP contribution >= 0.6 is 11.3 Å². The Labute approximate surface area is 215 Å². The zero-order valence-corrected chi connectivity index (χ0v) is 21.8. The molecule has 2 heterocycles. The minimum atomic E-state index is -0.651. The Balaban J connectivity index is 1.58. The quantitative estimate of drug-likeness (QED) is 0.289. The van der Waals surface area contributed by atoms with Gasteiger partial charge in [-0.25, -0.2) is 4.98 Å². The van der Waals surface area contributed by atoms with E-state index in [4.69, 9.17) is 14.5 Å². The number of rotatable bonds is 12. The molecule has 0 amide bonds. The summed E-state index contributed by atoms with van der Waals surface area (Å²) in [5, 5.41) is 13.1. The maximum absolute atomic E-state index is 13.2. The number of aliphatic hydroxyl groups is 1. The van der Waals surface area contributed by atoms with Crippen molar-refractivity contribution in [3.63, 3.8) is 0 Å². The topological polar surface area (TPSA) is 87.7 Å². The smallest absolute Gasteiger partial charge is 0.260 e. The van der Waals surface area contributed by atoms with Crippen molar-refractivity contribution in [2.75, 3.05) is 26.9 Å². The second-order valence-corrected chi connectivity index (χ2v) is 10.1. The Kier molecular flexibility index (Phi) is 8.88. The number of fused-ring (bicyclic) bond motifs is 1. The van der Waals surface area contributed by atoms with Gasteiger partial charge in [0.05, 0.1) is 31.8 Å². The van der Waals surface area contributed by atoms with Crippen LogP contribution in [-0.2, 0) is 17.8 Å². The van der Waals surface area contributed by atoms with Crippen LogP contribution in [0.2, 0.25) is 0 Å². The molecule has 8 heteroatoms. The summed E-state index contributed by atoms with van der Waals surface area (Å²) in [5.74, 6) is 1.68. The Morgan fingerprint density at radius 1 is 1.03 bits per heavy atom. The minimum absolute atomic E-state index is 0.183. The predicted octanol–water partition coefficient (Wildman–Crippen LogP) is 4.70. The summed E-state index contributed by atoms with van der Waals surface area (Å²) >= 11 is 1.44. The van der Waals surface area contributed by atoms with Gasteiger partial charge in [-0.1, -0.05) is 62.4 Å². The third-order valence-corrected chi connectivity index (χ3v) is 6.62. The fourth-order valence-corrected chi connectivity index (χ4v) is 5.12. The number of nitrogens with zero attached hydrogens (tertiary/aromatic N) is 2. The molecule has 190 valence electrons. The summed E-state index contributed by atoms with van der Waals surface area (Å²) < 4.78 is 11.1. The highest BCUT2D eigenvalue weighted by Crippen LogP contribution is 2.36. The van der Waals surface area contributed by atoms with Crippen LogP contribution in [0.3, 0.4) is 0 Å². The Bertz CT molecular complexity index is 1320. The number of H-pyrrole nitrogens is 1. The van der Waals surface area contributed by atoms with Gasteiger partial charge < -0.3 is 19.6 Å². The highest BCUT2D eigenvalue weighted by Gasteiger charge is 2.18. The molecular weight excluding hydrogens is 474 g/mol. The molecule has 2 aromatic heterocycles. The van der Waals surface area contributed by atoms with Gasteiger partial charge in [-0.3, -0.25) is 9.69 Å². The first-order valence-electron chi connectivity index (χ1n) is 12.1. The van der Waals surface area contributed by atoms with Crippen LogP contribution in [0.1, 0.15) is 25.2 Å². The van der Waals surface area contributed by atoms with Crippen LogP contribution < -0.4 is 10.3 Å². The van der Waals surface area contributed by atoms with Gasteiger partial charge in [-0.05, 0) is 17.5 Å². The van der Waals surface area contributed by atoms with Crippen molar-refractivity contribution < 1.29 is 14.6 Å². The van der Waals surface area contributed by atoms with Crippen molar-refractivity contribution >= 4 is 21.6 Å². The molecule has 0 radical (unpaired) electrons. The summed E-state index contributed by atoms with van der Waals surface area (Å²) in [6.07, 6.45) is -0.651. The summed E-state index contributed by atoms with van der Waals surface area (Å²) in [4.78, 5) is 23.7. The number of aliphatic hydroxyl groups excluding tert-OH is 1. The maximum atomic E-state index is 13.2. The fraction of sp³-hybridized carbons (Fsp3) is 0.357. The molecule has 0 saturated carbocycles. The summed E-state index contributed by atoms with van der Waals surface area (Å²) in [6, 6.07) is 17.7. The summed E-state index contributed by atoms with van der Waals surface area (Å²) in [6.45, 7) is 6.43. The fourth-order valence-electron chi connectivity index (χ4n) is 4.16. The average molecular weight is 508 g/mol. The molecule has 0 aliphatic carbocycles. The largest absolute Gasteiger partial charge is 0.496 e. The van der Waals surface area contributed by atoms with Gasteiger partial charge in [0.2, 0.25) is 0 Å². The first kappa shape index (κ1) is 26.0. The highest BCUT2D eigenvalue weighted by molar-refractivity contribution is 7.17. The molecule has 2 aromatic carbocycles. The van der Waals surface area contributed by atoms with Crippen LogP contribution in [-0.4, -0.2) is 52.9 Å². The van der Waals surface area contributed by atoms with Crippen molar-refractivity contribution in [1.29, 1.82) is 0 Å².